The lowest BCUT2D eigenvalue weighted by molar-refractivity contribution is -0.140. The van der Waals surface area contributed by atoms with E-state index in [9.17, 15) is 0 Å². The van der Waals surface area contributed by atoms with Crippen LogP contribution in [-0.4, -0.2) is 16.4 Å². The third-order valence-corrected chi connectivity index (χ3v) is 5.57. The van der Waals surface area contributed by atoms with Crippen molar-refractivity contribution in [3.05, 3.63) is 53.5 Å². The highest BCUT2D eigenvalue weighted by atomic mass is 16.5. The summed E-state index contributed by atoms with van der Waals surface area (Å²) < 4.78 is 12.4. The first-order valence-corrected chi connectivity index (χ1v) is 8.97. The number of hydrogen-bond acceptors (Lipinski definition) is 4. The minimum absolute atomic E-state index is 0.258. The molecule has 4 heteroatoms. The molecule has 2 aliphatic heterocycles. The minimum Gasteiger partial charge on any atom is -0.466 e. The largest absolute Gasteiger partial charge is 0.466 e. The Morgan fingerprint density at radius 1 is 1.08 bits per heavy atom. The van der Waals surface area contributed by atoms with Crippen molar-refractivity contribution in [2.75, 3.05) is 0 Å². The van der Waals surface area contributed by atoms with Gasteiger partial charge in [-0.2, -0.15) is 5.10 Å². The van der Waals surface area contributed by atoms with Gasteiger partial charge in [0.2, 0.25) is 0 Å². The van der Waals surface area contributed by atoms with Gasteiger partial charge in [-0.1, -0.05) is 24.6 Å². The molecule has 0 bridgehead atoms. The molecule has 4 nitrogen and oxygen atoms in total. The molecule has 0 saturated heterocycles. The Kier molecular flexibility index (Phi) is 3.02. The molecule has 3 aliphatic rings. The predicted molar refractivity (Wildman–Crippen MR) is 92.1 cm³/mol. The predicted octanol–water partition coefficient (Wildman–Crippen LogP) is 4.79. The van der Waals surface area contributed by atoms with Gasteiger partial charge < -0.3 is 9.15 Å². The molecular weight excluding hydrogens is 300 g/mol. The van der Waals surface area contributed by atoms with Crippen molar-refractivity contribution in [2.24, 2.45) is 5.10 Å². The van der Waals surface area contributed by atoms with Crippen LogP contribution in [0.2, 0.25) is 0 Å². The van der Waals surface area contributed by atoms with Gasteiger partial charge in [-0.3, -0.25) is 0 Å². The van der Waals surface area contributed by atoms with Gasteiger partial charge in [-0.15, -0.1) is 0 Å². The second-order valence-corrected chi connectivity index (χ2v) is 7.17. The van der Waals surface area contributed by atoms with Gasteiger partial charge in [-0.25, -0.2) is 5.01 Å². The lowest BCUT2D eigenvalue weighted by atomic mass is 9.87. The third kappa shape index (κ3) is 2.02. The monoisotopic (exact) mass is 322 g/mol. The SMILES string of the molecule is Cc1ccc(C2=NN3[C@@H](C2)c2ccccc2OC32CCCCC2)o1. The van der Waals surface area contributed by atoms with E-state index >= 15 is 0 Å². The number of fused-ring (bicyclic) bond motifs is 4. The molecule has 1 fully saturated rings. The zero-order valence-electron chi connectivity index (χ0n) is 14.0. The summed E-state index contributed by atoms with van der Waals surface area (Å²) in [4.78, 5) is 0. The maximum absolute atomic E-state index is 6.55. The third-order valence-electron chi connectivity index (χ3n) is 5.57. The summed E-state index contributed by atoms with van der Waals surface area (Å²) in [7, 11) is 0. The number of nitrogens with zero attached hydrogens (tertiary/aromatic N) is 2. The Balaban J connectivity index is 1.60. The summed E-state index contributed by atoms with van der Waals surface area (Å²) in [6.45, 7) is 1.98. The smallest absolute Gasteiger partial charge is 0.198 e. The van der Waals surface area contributed by atoms with Crippen LogP contribution in [0, 0.1) is 6.92 Å². The Hall–Kier alpha value is -2.23. The lowest BCUT2D eigenvalue weighted by Crippen LogP contribution is -2.54. The summed E-state index contributed by atoms with van der Waals surface area (Å²) >= 11 is 0. The van der Waals surface area contributed by atoms with Gasteiger partial charge in [0.05, 0.1) is 6.04 Å². The summed E-state index contributed by atoms with van der Waals surface area (Å²) in [5, 5.41) is 7.25. The molecule has 1 aromatic carbocycles. The molecule has 24 heavy (non-hydrogen) atoms. The summed E-state index contributed by atoms with van der Waals surface area (Å²) in [5.41, 5.74) is 2.01. The number of aryl methyl sites for hydroxylation is 1. The van der Waals surface area contributed by atoms with Crippen molar-refractivity contribution in [1.82, 2.24) is 5.01 Å². The molecule has 1 aliphatic carbocycles. The number of furan rings is 1. The molecule has 0 amide bonds. The van der Waals surface area contributed by atoms with Crippen molar-refractivity contribution in [3.8, 4) is 5.75 Å². The van der Waals surface area contributed by atoms with E-state index in [2.05, 4.69) is 29.3 Å². The summed E-state index contributed by atoms with van der Waals surface area (Å²) in [6.07, 6.45) is 6.68. The van der Waals surface area contributed by atoms with Crippen molar-refractivity contribution < 1.29 is 9.15 Å². The molecule has 1 saturated carbocycles. The molecule has 2 aromatic rings. The molecule has 1 spiro atoms. The Labute approximate surface area is 142 Å². The van der Waals surface area contributed by atoms with E-state index in [0.717, 1.165) is 42.2 Å². The normalized spacial score (nSPS) is 24.3. The number of ether oxygens (including phenoxy) is 1. The Morgan fingerprint density at radius 2 is 1.92 bits per heavy atom. The Morgan fingerprint density at radius 3 is 2.71 bits per heavy atom. The first-order valence-electron chi connectivity index (χ1n) is 8.97. The highest BCUT2D eigenvalue weighted by Crippen LogP contribution is 2.51. The van der Waals surface area contributed by atoms with Gasteiger partial charge in [0.25, 0.3) is 0 Å². The van der Waals surface area contributed by atoms with E-state index < -0.39 is 0 Å². The van der Waals surface area contributed by atoms with E-state index in [4.69, 9.17) is 14.3 Å². The number of hydrazone groups is 1. The van der Waals surface area contributed by atoms with E-state index in [1.54, 1.807) is 0 Å². The number of rotatable bonds is 1. The van der Waals surface area contributed by atoms with E-state index in [1.807, 2.05) is 19.1 Å². The first-order chi connectivity index (χ1) is 11.8. The van der Waals surface area contributed by atoms with E-state index in [-0.39, 0.29) is 11.8 Å². The standard InChI is InChI=1S/C20H22N2O2/c1-14-9-10-19(23-14)16-13-17-15-7-3-4-8-18(15)24-20(22(17)21-16)11-5-2-6-12-20/h3-4,7-10,17H,2,5-6,11-13H2,1H3/t17-/m0/s1. The topological polar surface area (TPSA) is 38.0 Å². The fraction of sp³-hybridized carbons (Fsp3) is 0.450. The van der Waals surface area contributed by atoms with Crippen LogP contribution in [0.15, 0.2) is 45.9 Å². The molecule has 3 heterocycles. The van der Waals surface area contributed by atoms with Gasteiger partial charge >= 0.3 is 0 Å². The molecule has 0 radical (unpaired) electrons. The van der Waals surface area contributed by atoms with E-state index in [0.29, 0.717) is 0 Å². The van der Waals surface area contributed by atoms with Crippen LogP contribution in [0.5, 0.6) is 5.75 Å². The fourth-order valence-electron chi connectivity index (χ4n) is 4.40. The highest BCUT2D eigenvalue weighted by molar-refractivity contribution is 5.99. The van der Waals surface area contributed by atoms with Crippen molar-refractivity contribution in [1.29, 1.82) is 0 Å². The van der Waals surface area contributed by atoms with Gasteiger partial charge in [0.15, 0.2) is 5.72 Å². The van der Waals surface area contributed by atoms with Crippen LogP contribution in [0.25, 0.3) is 0 Å². The maximum atomic E-state index is 6.55. The Bertz CT molecular complexity index is 801. The lowest BCUT2D eigenvalue weighted by Gasteiger charge is -2.49. The second kappa shape index (κ2) is 5.13. The van der Waals surface area contributed by atoms with Crippen LogP contribution in [0.1, 0.15) is 61.7 Å². The van der Waals surface area contributed by atoms with Gasteiger partial charge in [-0.05, 0) is 38.0 Å². The van der Waals surface area contributed by atoms with Crippen LogP contribution in [-0.2, 0) is 0 Å². The van der Waals surface area contributed by atoms with Crippen molar-refractivity contribution in [3.63, 3.8) is 0 Å². The molecule has 1 aromatic heterocycles. The average molecular weight is 322 g/mol. The molecule has 0 unspecified atom stereocenters. The van der Waals surface area contributed by atoms with Crippen LogP contribution < -0.4 is 4.74 Å². The maximum Gasteiger partial charge on any atom is 0.198 e. The second-order valence-electron chi connectivity index (χ2n) is 7.17. The minimum atomic E-state index is -0.277. The molecule has 1 atom stereocenters. The van der Waals surface area contributed by atoms with E-state index in [1.165, 1.54) is 24.8 Å². The van der Waals surface area contributed by atoms with Crippen molar-refractivity contribution in [2.45, 2.75) is 57.2 Å². The van der Waals surface area contributed by atoms with Crippen LogP contribution in [0.3, 0.4) is 0 Å². The first kappa shape index (κ1) is 14.1. The fourth-order valence-corrected chi connectivity index (χ4v) is 4.40. The van der Waals surface area contributed by atoms with Gasteiger partial charge in [0.1, 0.15) is 23.0 Å². The summed E-state index contributed by atoms with van der Waals surface area (Å²) in [6, 6.07) is 12.7. The average Bonchev–Trinajstić information content (AvgIpc) is 3.23. The van der Waals surface area contributed by atoms with Crippen LogP contribution in [0.4, 0.5) is 0 Å². The van der Waals surface area contributed by atoms with Crippen molar-refractivity contribution >= 4 is 5.71 Å². The summed E-state index contributed by atoms with van der Waals surface area (Å²) in [5.74, 6) is 2.86. The molecule has 5 rings (SSSR count). The number of benzene rings is 1. The number of hydrogen-bond donors (Lipinski definition) is 0. The zero-order valence-corrected chi connectivity index (χ0v) is 14.0. The quantitative estimate of drug-likeness (QED) is 0.757. The van der Waals surface area contributed by atoms with Gasteiger partial charge in [0, 0.05) is 24.8 Å². The molecule has 124 valence electrons. The molecule has 0 N–H and O–H groups in total. The zero-order chi connectivity index (χ0) is 16.1. The highest BCUT2D eigenvalue weighted by Gasteiger charge is 2.50. The number of para-hydroxylation sites is 1. The van der Waals surface area contributed by atoms with Crippen LogP contribution >= 0.6 is 0 Å². The molecular formula is C20H22N2O2.